The van der Waals surface area contributed by atoms with E-state index in [1.807, 2.05) is 0 Å². The Morgan fingerprint density at radius 3 is 2.60 bits per heavy atom. The van der Waals surface area contributed by atoms with Crippen LogP contribution in [0, 0.1) is 5.82 Å². The van der Waals surface area contributed by atoms with Crippen molar-refractivity contribution in [2.45, 2.75) is 0 Å². The zero-order valence-electron chi connectivity index (χ0n) is 10.4. The Morgan fingerprint density at radius 2 is 2.00 bits per heavy atom. The number of benzene rings is 2. The third kappa shape index (κ3) is 2.91. The minimum atomic E-state index is -1.39. The van der Waals surface area contributed by atoms with E-state index in [1.165, 1.54) is 19.2 Å². The van der Waals surface area contributed by atoms with Gasteiger partial charge in [0.2, 0.25) is 0 Å². The number of carbonyl (C=O) groups is 1. The summed E-state index contributed by atoms with van der Waals surface area (Å²) in [4.78, 5) is 11.1. The first-order valence-corrected chi connectivity index (χ1v) is 6.35. The highest BCUT2D eigenvalue weighted by Gasteiger charge is 2.18. The lowest BCUT2D eigenvalue weighted by Crippen LogP contribution is -2.03. The summed E-state index contributed by atoms with van der Waals surface area (Å²) in [6.45, 7) is 0. The molecular formula is C14H10BrFO4. The highest BCUT2D eigenvalue weighted by molar-refractivity contribution is 9.10. The molecule has 0 unspecified atom stereocenters. The van der Waals surface area contributed by atoms with Crippen molar-refractivity contribution in [2.75, 3.05) is 7.11 Å². The Kier molecular flexibility index (Phi) is 4.24. The van der Waals surface area contributed by atoms with Gasteiger partial charge in [-0.25, -0.2) is 9.18 Å². The van der Waals surface area contributed by atoms with Crippen LogP contribution >= 0.6 is 15.9 Å². The minimum Gasteiger partial charge on any atom is -0.497 e. The summed E-state index contributed by atoms with van der Waals surface area (Å²) in [6.07, 6.45) is 0. The monoisotopic (exact) mass is 340 g/mol. The van der Waals surface area contributed by atoms with E-state index in [2.05, 4.69) is 15.9 Å². The van der Waals surface area contributed by atoms with E-state index in [4.69, 9.17) is 14.6 Å². The molecule has 20 heavy (non-hydrogen) atoms. The predicted octanol–water partition coefficient (Wildman–Crippen LogP) is 4.09. The molecular weight excluding hydrogens is 331 g/mol. The van der Waals surface area contributed by atoms with Crippen molar-refractivity contribution in [3.63, 3.8) is 0 Å². The van der Waals surface area contributed by atoms with Crippen LogP contribution in [0.5, 0.6) is 17.2 Å². The first-order valence-electron chi connectivity index (χ1n) is 5.56. The molecule has 0 aliphatic carbocycles. The van der Waals surface area contributed by atoms with Crippen molar-refractivity contribution in [1.82, 2.24) is 0 Å². The third-order valence-electron chi connectivity index (χ3n) is 2.55. The molecule has 0 atom stereocenters. The highest BCUT2D eigenvalue weighted by Crippen LogP contribution is 2.34. The van der Waals surface area contributed by atoms with Gasteiger partial charge in [0.05, 0.1) is 11.6 Å². The molecule has 0 aromatic heterocycles. The normalized spacial score (nSPS) is 10.2. The number of carboxylic acids is 1. The number of hydrogen-bond donors (Lipinski definition) is 1. The number of aromatic carboxylic acids is 1. The molecule has 1 N–H and O–H groups in total. The molecule has 0 amide bonds. The maximum atomic E-state index is 13.5. The molecule has 0 radical (unpaired) electrons. The van der Waals surface area contributed by atoms with Crippen molar-refractivity contribution in [3.05, 3.63) is 52.3 Å². The predicted molar refractivity (Wildman–Crippen MR) is 74.1 cm³/mol. The van der Waals surface area contributed by atoms with Crippen LogP contribution in [0.3, 0.4) is 0 Å². The molecule has 6 heteroatoms. The molecule has 4 nitrogen and oxygen atoms in total. The molecule has 0 saturated heterocycles. The van der Waals surface area contributed by atoms with E-state index < -0.39 is 17.3 Å². The molecule has 0 aliphatic rings. The van der Waals surface area contributed by atoms with Gasteiger partial charge in [-0.3, -0.25) is 0 Å². The Labute approximate surface area is 122 Å². The molecule has 0 saturated carbocycles. The molecule has 0 fully saturated rings. The van der Waals surface area contributed by atoms with E-state index in [9.17, 15) is 9.18 Å². The van der Waals surface area contributed by atoms with Crippen LogP contribution in [-0.2, 0) is 0 Å². The van der Waals surface area contributed by atoms with E-state index in [0.717, 1.165) is 6.07 Å². The summed E-state index contributed by atoms with van der Waals surface area (Å²) < 4.78 is 24.6. The van der Waals surface area contributed by atoms with Gasteiger partial charge in [0.15, 0.2) is 0 Å². The maximum absolute atomic E-state index is 13.5. The fourth-order valence-electron chi connectivity index (χ4n) is 1.61. The van der Waals surface area contributed by atoms with Crippen LogP contribution in [0.1, 0.15) is 10.4 Å². The van der Waals surface area contributed by atoms with Crippen LogP contribution in [0.4, 0.5) is 4.39 Å². The zero-order valence-corrected chi connectivity index (χ0v) is 12.0. The summed E-state index contributed by atoms with van der Waals surface area (Å²) in [5.74, 6) is -1.33. The van der Waals surface area contributed by atoms with Gasteiger partial charge in [-0.05, 0) is 46.3 Å². The lowest BCUT2D eigenvalue weighted by Gasteiger charge is -2.11. The molecule has 2 rings (SSSR count). The van der Waals surface area contributed by atoms with Crippen molar-refractivity contribution >= 4 is 21.9 Å². The van der Waals surface area contributed by atoms with E-state index in [-0.39, 0.29) is 5.75 Å². The molecule has 0 bridgehead atoms. The number of hydrogen-bond acceptors (Lipinski definition) is 3. The number of carboxylic acid groups (broad SMARTS) is 1. The van der Waals surface area contributed by atoms with Gasteiger partial charge in [0, 0.05) is 0 Å². The average Bonchev–Trinajstić information content (AvgIpc) is 2.40. The van der Waals surface area contributed by atoms with E-state index in [1.54, 1.807) is 18.2 Å². The number of ether oxygens (including phenoxy) is 2. The third-order valence-corrected chi connectivity index (χ3v) is 3.17. The minimum absolute atomic E-state index is 0.0663. The smallest absolute Gasteiger partial charge is 0.342 e. The second-order valence-corrected chi connectivity index (χ2v) is 4.67. The molecule has 104 valence electrons. The fraction of sp³-hybridized carbons (Fsp3) is 0.0714. The molecule has 2 aromatic rings. The summed E-state index contributed by atoms with van der Waals surface area (Å²) in [5.41, 5.74) is -0.504. The number of methoxy groups -OCH3 is 1. The quantitative estimate of drug-likeness (QED) is 0.910. The standard InChI is InChI=1S/C14H10BrFO4/c1-19-8-5-6-11(9(15)7-8)20-12-4-2-3-10(16)13(12)14(17)18/h2-7H,1H3,(H,17,18). The molecule has 0 aliphatic heterocycles. The summed E-state index contributed by atoms with van der Waals surface area (Å²) in [7, 11) is 1.53. The second-order valence-electron chi connectivity index (χ2n) is 3.82. The van der Waals surface area contributed by atoms with Gasteiger partial charge < -0.3 is 14.6 Å². The van der Waals surface area contributed by atoms with Crippen LogP contribution in [0.15, 0.2) is 40.9 Å². The highest BCUT2D eigenvalue weighted by atomic mass is 79.9. The van der Waals surface area contributed by atoms with Gasteiger partial charge in [0.25, 0.3) is 0 Å². The zero-order chi connectivity index (χ0) is 14.7. The Balaban J connectivity index is 2.40. The van der Waals surface area contributed by atoms with Gasteiger partial charge in [-0.1, -0.05) is 6.07 Å². The van der Waals surface area contributed by atoms with Gasteiger partial charge >= 0.3 is 5.97 Å². The molecule has 0 heterocycles. The molecule has 0 spiro atoms. The topological polar surface area (TPSA) is 55.8 Å². The summed E-state index contributed by atoms with van der Waals surface area (Å²) >= 11 is 3.28. The SMILES string of the molecule is COc1ccc(Oc2cccc(F)c2C(=O)O)c(Br)c1. The Bertz CT molecular complexity index is 658. The lowest BCUT2D eigenvalue weighted by atomic mass is 10.2. The molecule has 2 aromatic carbocycles. The largest absolute Gasteiger partial charge is 0.497 e. The first-order chi connectivity index (χ1) is 9.52. The average molecular weight is 341 g/mol. The second kappa shape index (κ2) is 5.92. The summed E-state index contributed by atoms with van der Waals surface area (Å²) in [5, 5.41) is 9.02. The van der Waals surface area contributed by atoms with E-state index in [0.29, 0.717) is 16.0 Å². The number of halogens is 2. The van der Waals surface area contributed by atoms with Gasteiger partial charge in [0.1, 0.15) is 28.6 Å². The number of rotatable bonds is 4. The maximum Gasteiger partial charge on any atom is 0.342 e. The van der Waals surface area contributed by atoms with Crippen molar-refractivity contribution in [1.29, 1.82) is 0 Å². The van der Waals surface area contributed by atoms with E-state index >= 15 is 0 Å². The van der Waals surface area contributed by atoms with Crippen LogP contribution in [0.25, 0.3) is 0 Å². The Hall–Kier alpha value is -2.08. The Morgan fingerprint density at radius 1 is 1.25 bits per heavy atom. The summed E-state index contributed by atoms with van der Waals surface area (Å²) in [6, 6.07) is 8.76. The van der Waals surface area contributed by atoms with Crippen LogP contribution in [0.2, 0.25) is 0 Å². The van der Waals surface area contributed by atoms with Gasteiger partial charge in [-0.15, -0.1) is 0 Å². The van der Waals surface area contributed by atoms with Crippen molar-refractivity contribution in [3.8, 4) is 17.2 Å². The van der Waals surface area contributed by atoms with Crippen molar-refractivity contribution < 1.29 is 23.8 Å². The van der Waals surface area contributed by atoms with Crippen molar-refractivity contribution in [2.24, 2.45) is 0 Å². The fourth-order valence-corrected chi connectivity index (χ4v) is 2.05. The first kappa shape index (κ1) is 14.3. The van der Waals surface area contributed by atoms with Crippen LogP contribution in [-0.4, -0.2) is 18.2 Å². The lowest BCUT2D eigenvalue weighted by molar-refractivity contribution is 0.0689. The van der Waals surface area contributed by atoms with Crippen LogP contribution < -0.4 is 9.47 Å². The van der Waals surface area contributed by atoms with Gasteiger partial charge in [-0.2, -0.15) is 0 Å².